The van der Waals surface area contributed by atoms with Gasteiger partial charge in [0.25, 0.3) is 0 Å². The molecule has 18 heavy (non-hydrogen) atoms. The Hall–Kier alpha value is -1.38. The fourth-order valence-electron chi connectivity index (χ4n) is 1.60. The smallest absolute Gasteiger partial charge is 0.168 e. The van der Waals surface area contributed by atoms with E-state index in [1.54, 1.807) is 30.3 Å². The highest BCUT2D eigenvalue weighted by Crippen LogP contribution is 2.26. The van der Waals surface area contributed by atoms with Crippen LogP contribution in [-0.4, -0.2) is 5.78 Å². The molecule has 0 bridgehead atoms. The standard InChI is InChI=1S/C14H9Cl2FO/c15-12-3-1-2-11(14(12)16)13(18)8-9-4-6-10(17)7-5-9/h1-7H,8H2. The normalized spacial score (nSPS) is 10.4. The zero-order valence-electron chi connectivity index (χ0n) is 9.29. The third-order valence-electron chi connectivity index (χ3n) is 2.53. The van der Waals surface area contributed by atoms with Crippen LogP contribution in [0.1, 0.15) is 15.9 Å². The van der Waals surface area contributed by atoms with Crippen molar-refractivity contribution in [3.63, 3.8) is 0 Å². The molecule has 0 spiro atoms. The van der Waals surface area contributed by atoms with Crippen LogP contribution in [0.15, 0.2) is 42.5 Å². The average molecular weight is 283 g/mol. The van der Waals surface area contributed by atoms with Crippen LogP contribution in [0, 0.1) is 5.82 Å². The second-order valence-electron chi connectivity index (χ2n) is 3.83. The number of carbonyl (C=O) groups excluding carboxylic acids is 1. The second-order valence-corrected chi connectivity index (χ2v) is 4.61. The Bertz CT molecular complexity index is 579. The summed E-state index contributed by atoms with van der Waals surface area (Å²) in [6.45, 7) is 0. The predicted octanol–water partition coefficient (Wildman–Crippen LogP) is 4.56. The molecular weight excluding hydrogens is 274 g/mol. The van der Waals surface area contributed by atoms with Gasteiger partial charge in [-0.25, -0.2) is 4.39 Å². The first kappa shape index (κ1) is 13.1. The quantitative estimate of drug-likeness (QED) is 0.755. The zero-order valence-corrected chi connectivity index (χ0v) is 10.8. The van der Waals surface area contributed by atoms with E-state index < -0.39 is 0 Å². The van der Waals surface area contributed by atoms with E-state index in [0.717, 1.165) is 5.56 Å². The molecule has 0 aliphatic heterocycles. The molecular formula is C14H9Cl2FO. The fourth-order valence-corrected chi connectivity index (χ4v) is 2.01. The van der Waals surface area contributed by atoms with Gasteiger partial charge in [-0.2, -0.15) is 0 Å². The van der Waals surface area contributed by atoms with Gasteiger partial charge in [0.2, 0.25) is 0 Å². The molecule has 0 aliphatic carbocycles. The molecule has 2 aromatic carbocycles. The van der Waals surface area contributed by atoms with Crippen molar-refractivity contribution in [2.45, 2.75) is 6.42 Å². The van der Waals surface area contributed by atoms with E-state index in [4.69, 9.17) is 23.2 Å². The first-order chi connectivity index (χ1) is 8.58. The van der Waals surface area contributed by atoms with Gasteiger partial charge in [-0.3, -0.25) is 4.79 Å². The van der Waals surface area contributed by atoms with E-state index in [1.807, 2.05) is 0 Å². The minimum Gasteiger partial charge on any atom is -0.294 e. The summed E-state index contributed by atoms with van der Waals surface area (Å²) in [6.07, 6.45) is 0.167. The largest absolute Gasteiger partial charge is 0.294 e. The number of ketones is 1. The van der Waals surface area contributed by atoms with Crippen molar-refractivity contribution in [2.24, 2.45) is 0 Å². The molecule has 0 radical (unpaired) electrons. The van der Waals surface area contributed by atoms with E-state index >= 15 is 0 Å². The topological polar surface area (TPSA) is 17.1 Å². The van der Waals surface area contributed by atoms with Crippen molar-refractivity contribution < 1.29 is 9.18 Å². The molecule has 0 amide bonds. The number of Topliss-reactive ketones (excluding diaryl/α,β-unsaturated/α-hetero) is 1. The number of hydrogen-bond donors (Lipinski definition) is 0. The minimum atomic E-state index is -0.327. The van der Waals surface area contributed by atoms with E-state index in [9.17, 15) is 9.18 Å². The summed E-state index contributed by atoms with van der Waals surface area (Å²) in [5.41, 5.74) is 1.12. The van der Waals surface area contributed by atoms with Crippen LogP contribution in [0.4, 0.5) is 4.39 Å². The van der Waals surface area contributed by atoms with Crippen LogP contribution in [0.5, 0.6) is 0 Å². The highest BCUT2D eigenvalue weighted by molar-refractivity contribution is 6.43. The van der Waals surface area contributed by atoms with E-state index in [2.05, 4.69) is 0 Å². The predicted molar refractivity (Wildman–Crippen MR) is 70.9 cm³/mol. The molecule has 0 heterocycles. The van der Waals surface area contributed by atoms with Crippen molar-refractivity contribution in [3.8, 4) is 0 Å². The number of rotatable bonds is 3. The van der Waals surface area contributed by atoms with Crippen molar-refractivity contribution in [2.75, 3.05) is 0 Å². The minimum absolute atomic E-state index is 0.144. The Morgan fingerprint density at radius 3 is 2.39 bits per heavy atom. The van der Waals surface area contributed by atoms with Gasteiger partial charge in [-0.1, -0.05) is 41.4 Å². The highest BCUT2D eigenvalue weighted by Gasteiger charge is 2.13. The molecule has 0 aromatic heterocycles. The third kappa shape index (κ3) is 2.89. The van der Waals surface area contributed by atoms with E-state index in [0.29, 0.717) is 10.6 Å². The Morgan fingerprint density at radius 1 is 1.06 bits per heavy atom. The van der Waals surface area contributed by atoms with Gasteiger partial charge in [0.15, 0.2) is 5.78 Å². The van der Waals surface area contributed by atoms with Crippen LogP contribution in [0.25, 0.3) is 0 Å². The molecule has 1 nitrogen and oxygen atoms in total. The molecule has 0 saturated heterocycles. The first-order valence-electron chi connectivity index (χ1n) is 5.29. The van der Waals surface area contributed by atoms with Gasteiger partial charge in [0.05, 0.1) is 10.0 Å². The van der Waals surface area contributed by atoms with Crippen molar-refractivity contribution in [1.29, 1.82) is 0 Å². The molecule has 0 aliphatic rings. The number of carbonyl (C=O) groups is 1. The van der Waals surface area contributed by atoms with Gasteiger partial charge in [0, 0.05) is 12.0 Å². The molecule has 92 valence electrons. The Balaban J connectivity index is 2.22. The second kappa shape index (κ2) is 5.51. The summed E-state index contributed by atoms with van der Waals surface area (Å²) in [5, 5.41) is 0.605. The molecule has 0 atom stereocenters. The Labute approximate surface area is 114 Å². The lowest BCUT2D eigenvalue weighted by Gasteiger charge is -2.05. The van der Waals surface area contributed by atoms with Crippen molar-refractivity contribution in [1.82, 2.24) is 0 Å². The Morgan fingerprint density at radius 2 is 1.72 bits per heavy atom. The van der Waals surface area contributed by atoms with Crippen LogP contribution in [-0.2, 0) is 6.42 Å². The van der Waals surface area contributed by atoms with Gasteiger partial charge >= 0.3 is 0 Å². The monoisotopic (exact) mass is 282 g/mol. The Kier molecular flexibility index (Phi) is 4.00. The maximum atomic E-state index is 12.7. The van der Waals surface area contributed by atoms with Crippen LogP contribution in [0.2, 0.25) is 10.0 Å². The molecule has 2 aromatic rings. The third-order valence-corrected chi connectivity index (χ3v) is 3.35. The van der Waals surface area contributed by atoms with Gasteiger partial charge in [0.1, 0.15) is 5.82 Å². The number of benzene rings is 2. The summed E-state index contributed by atoms with van der Waals surface area (Å²) < 4.78 is 12.7. The summed E-state index contributed by atoms with van der Waals surface area (Å²) in [7, 11) is 0. The number of halogens is 3. The molecule has 0 N–H and O–H groups in total. The zero-order chi connectivity index (χ0) is 13.1. The molecule has 0 saturated carbocycles. The van der Waals surface area contributed by atoms with E-state index in [-0.39, 0.29) is 23.0 Å². The molecule has 0 unspecified atom stereocenters. The summed E-state index contributed by atoms with van der Waals surface area (Å²) in [6, 6.07) is 10.7. The summed E-state index contributed by atoms with van der Waals surface area (Å²) in [5.74, 6) is -0.471. The summed E-state index contributed by atoms with van der Waals surface area (Å²) >= 11 is 11.8. The molecule has 0 fully saturated rings. The van der Waals surface area contributed by atoms with Crippen LogP contribution < -0.4 is 0 Å². The molecule has 2 rings (SSSR count). The van der Waals surface area contributed by atoms with E-state index in [1.165, 1.54) is 12.1 Å². The summed E-state index contributed by atoms with van der Waals surface area (Å²) in [4.78, 5) is 12.0. The van der Waals surface area contributed by atoms with Crippen LogP contribution >= 0.6 is 23.2 Å². The van der Waals surface area contributed by atoms with Gasteiger partial charge in [-0.15, -0.1) is 0 Å². The van der Waals surface area contributed by atoms with Gasteiger partial charge in [-0.05, 0) is 29.8 Å². The highest BCUT2D eigenvalue weighted by atomic mass is 35.5. The number of hydrogen-bond acceptors (Lipinski definition) is 1. The lowest BCUT2D eigenvalue weighted by atomic mass is 10.0. The average Bonchev–Trinajstić information content (AvgIpc) is 2.35. The fraction of sp³-hybridized carbons (Fsp3) is 0.0714. The maximum absolute atomic E-state index is 12.7. The lowest BCUT2D eigenvalue weighted by Crippen LogP contribution is -2.04. The maximum Gasteiger partial charge on any atom is 0.168 e. The lowest BCUT2D eigenvalue weighted by molar-refractivity contribution is 0.0993. The SMILES string of the molecule is O=C(Cc1ccc(F)cc1)c1cccc(Cl)c1Cl. The van der Waals surface area contributed by atoms with Crippen LogP contribution in [0.3, 0.4) is 0 Å². The first-order valence-corrected chi connectivity index (χ1v) is 6.05. The molecule has 4 heteroatoms. The van der Waals surface area contributed by atoms with Crippen molar-refractivity contribution >= 4 is 29.0 Å². The van der Waals surface area contributed by atoms with Gasteiger partial charge < -0.3 is 0 Å². The van der Waals surface area contributed by atoms with Crippen molar-refractivity contribution in [3.05, 3.63) is 69.5 Å².